The van der Waals surface area contributed by atoms with Gasteiger partial charge in [0.1, 0.15) is 12.8 Å². The fraction of sp³-hybridized carbons (Fsp3) is 0.375. The molecule has 5 heterocycles. The summed E-state index contributed by atoms with van der Waals surface area (Å²) in [6.45, 7) is 0. The number of rotatable bonds is 14. The van der Waals surface area contributed by atoms with Crippen molar-refractivity contribution < 1.29 is 61.5 Å². The third kappa shape index (κ3) is 11.5. The van der Waals surface area contributed by atoms with E-state index in [0.717, 1.165) is 42.2 Å². The number of halogens is 14. The van der Waals surface area contributed by atoms with E-state index < -0.39 is 74.6 Å². The van der Waals surface area contributed by atoms with Gasteiger partial charge in [-0.2, -0.15) is 26.3 Å². The molecule has 0 aromatic carbocycles. The van der Waals surface area contributed by atoms with Gasteiger partial charge in [0.2, 0.25) is 0 Å². The number of hydrogen-bond donors (Lipinski definition) is 0. The van der Waals surface area contributed by atoms with Gasteiger partial charge in [0.25, 0.3) is 23.7 Å². The first-order valence-corrected chi connectivity index (χ1v) is 18.6. The maximum Gasteiger partial charge on any atom is 0.394 e. The average molecular weight is 833 g/mol. The highest BCUT2D eigenvalue weighted by Crippen LogP contribution is 2.47. The molecule has 0 saturated carbocycles. The maximum atomic E-state index is 14.3. The van der Waals surface area contributed by atoms with Gasteiger partial charge in [-0.15, -0.1) is 56.7 Å². The van der Waals surface area contributed by atoms with E-state index in [1.807, 2.05) is 24.3 Å². The molecule has 0 aliphatic heterocycles. The topological polar surface area (TPSA) is 0 Å². The Labute approximate surface area is 301 Å². The Hall–Kier alpha value is -2.48. The van der Waals surface area contributed by atoms with Gasteiger partial charge >= 0.3 is 12.4 Å². The summed E-state index contributed by atoms with van der Waals surface area (Å²) >= 11 is 5.96. The quantitative estimate of drug-likeness (QED) is 0.0978. The molecule has 51 heavy (non-hydrogen) atoms. The molecule has 5 aromatic heterocycles. The molecule has 0 aliphatic carbocycles. The van der Waals surface area contributed by atoms with Crippen LogP contribution in [0.5, 0.6) is 0 Å². The summed E-state index contributed by atoms with van der Waals surface area (Å²) in [7, 11) is 0. The minimum absolute atomic E-state index is 0.0359. The van der Waals surface area contributed by atoms with Gasteiger partial charge in [-0.3, -0.25) is 0 Å². The van der Waals surface area contributed by atoms with E-state index in [1.165, 1.54) is 58.3 Å². The van der Waals surface area contributed by atoms with Gasteiger partial charge in [0.15, 0.2) is 0 Å². The summed E-state index contributed by atoms with van der Waals surface area (Å²) in [5, 5.41) is 0. The van der Waals surface area contributed by atoms with E-state index >= 15 is 0 Å². The summed E-state index contributed by atoms with van der Waals surface area (Å²) in [6.07, 6.45) is -22.6. The Morgan fingerprint density at radius 2 is 0.529 bits per heavy atom. The molecule has 0 aliphatic rings. The van der Waals surface area contributed by atoms with Gasteiger partial charge in [0, 0.05) is 61.6 Å². The highest BCUT2D eigenvalue weighted by molar-refractivity contribution is 7.29. The van der Waals surface area contributed by atoms with Crippen LogP contribution < -0.4 is 0 Å². The smallest absolute Gasteiger partial charge is 0.206 e. The monoisotopic (exact) mass is 832 g/mol. The lowest BCUT2D eigenvalue weighted by Crippen LogP contribution is -2.34. The second-order valence-electron chi connectivity index (χ2n) is 11.7. The van der Waals surface area contributed by atoms with Crippen LogP contribution in [0, 0.1) is 0 Å². The van der Waals surface area contributed by atoms with Crippen LogP contribution in [0.2, 0.25) is 0 Å². The van der Waals surface area contributed by atoms with Crippen LogP contribution in [-0.2, 0) is 12.8 Å². The average Bonchev–Trinajstić information content (AvgIpc) is 3.74. The van der Waals surface area contributed by atoms with Gasteiger partial charge in [0.05, 0.1) is 12.8 Å². The lowest BCUT2D eigenvalue weighted by atomic mass is 10.0. The Morgan fingerprint density at radius 1 is 0.294 bits per heavy atom. The highest BCUT2D eigenvalue weighted by atomic mass is 32.1. The van der Waals surface area contributed by atoms with Crippen LogP contribution in [0.3, 0.4) is 0 Å². The molecule has 0 radical (unpaired) electrons. The van der Waals surface area contributed by atoms with E-state index in [-0.39, 0.29) is 9.75 Å². The lowest BCUT2D eigenvalue weighted by Gasteiger charge is -2.23. The number of alkyl halides is 14. The van der Waals surface area contributed by atoms with Crippen molar-refractivity contribution in [3.05, 3.63) is 70.4 Å². The lowest BCUT2D eigenvalue weighted by molar-refractivity contribution is -0.207. The second kappa shape index (κ2) is 14.4. The van der Waals surface area contributed by atoms with E-state index in [2.05, 4.69) is 0 Å². The summed E-state index contributed by atoms with van der Waals surface area (Å²) < 4.78 is 186. The van der Waals surface area contributed by atoms with Gasteiger partial charge in [-0.05, 0) is 60.7 Å². The van der Waals surface area contributed by atoms with Crippen LogP contribution in [0.1, 0.15) is 35.4 Å². The van der Waals surface area contributed by atoms with Gasteiger partial charge < -0.3 is 0 Å². The van der Waals surface area contributed by atoms with Crippen LogP contribution in [-0.4, -0.2) is 36.0 Å². The molecule has 0 fully saturated rings. The second-order valence-corrected chi connectivity index (χ2v) is 17.3. The van der Waals surface area contributed by atoms with Crippen LogP contribution >= 0.6 is 56.7 Å². The fourth-order valence-electron chi connectivity index (χ4n) is 5.12. The number of hydrogen-bond acceptors (Lipinski definition) is 5. The molecule has 0 saturated heterocycles. The highest BCUT2D eigenvalue weighted by Gasteiger charge is 2.51. The van der Waals surface area contributed by atoms with Crippen LogP contribution in [0.4, 0.5) is 61.5 Å². The van der Waals surface area contributed by atoms with E-state index in [1.54, 1.807) is 12.1 Å². The Balaban J connectivity index is 1.21. The largest absolute Gasteiger partial charge is 0.394 e. The molecular weight excluding hydrogens is 811 g/mol. The summed E-state index contributed by atoms with van der Waals surface area (Å²) in [5.41, 5.74) is 0. The molecule has 278 valence electrons. The van der Waals surface area contributed by atoms with E-state index in [4.69, 9.17) is 0 Å². The van der Waals surface area contributed by atoms with Gasteiger partial charge in [-0.1, -0.05) is 0 Å². The van der Waals surface area contributed by atoms with Crippen molar-refractivity contribution in [2.24, 2.45) is 0 Å². The first-order chi connectivity index (χ1) is 23.4. The van der Waals surface area contributed by atoms with Crippen molar-refractivity contribution >= 4 is 56.7 Å². The molecule has 0 nitrogen and oxygen atoms in total. The molecule has 0 N–H and O–H groups in total. The Kier molecular flexibility index (Phi) is 11.2. The van der Waals surface area contributed by atoms with Crippen molar-refractivity contribution in [1.29, 1.82) is 0 Å². The molecule has 0 spiro atoms. The number of thiophene rings is 5. The predicted octanol–water partition coefficient (Wildman–Crippen LogP) is 15.0. The third-order valence-corrected chi connectivity index (χ3v) is 13.1. The summed E-state index contributed by atoms with van der Waals surface area (Å²) in [6, 6.07) is 16.6. The Bertz CT molecular complexity index is 1780. The third-order valence-electron chi connectivity index (χ3n) is 6.93. The molecule has 0 atom stereocenters. The zero-order valence-electron chi connectivity index (χ0n) is 25.3. The van der Waals surface area contributed by atoms with Crippen LogP contribution in [0.15, 0.2) is 60.7 Å². The van der Waals surface area contributed by atoms with Crippen LogP contribution in [0.25, 0.3) is 39.0 Å². The normalized spacial score (nSPS) is 13.8. The molecular formula is C32H22F14S5. The standard InChI is InChI=1S/C32H22F14S5/c33-27(34,13-29(37,38)15-31(41,42)43)11-17-1-3-19(47-17)21-5-7-23(49-21)25-9-10-26(51-25)24-8-6-22(50-24)20-4-2-18(48-20)12-28(35,36)14-30(39,40)16-32(44,45)46/h1-10H,11-16H2. The van der Waals surface area contributed by atoms with Crippen molar-refractivity contribution in [3.63, 3.8) is 0 Å². The zero-order valence-corrected chi connectivity index (χ0v) is 29.4. The first kappa shape index (κ1) is 39.7. The van der Waals surface area contributed by atoms with E-state index in [0.29, 0.717) is 19.5 Å². The summed E-state index contributed by atoms with van der Waals surface area (Å²) in [5.74, 6) is -17.3. The van der Waals surface area contributed by atoms with Crippen molar-refractivity contribution in [2.75, 3.05) is 0 Å². The van der Waals surface area contributed by atoms with Crippen molar-refractivity contribution in [1.82, 2.24) is 0 Å². The molecule has 0 amide bonds. The zero-order chi connectivity index (χ0) is 37.6. The van der Waals surface area contributed by atoms with Crippen molar-refractivity contribution in [3.8, 4) is 39.0 Å². The van der Waals surface area contributed by atoms with E-state index in [9.17, 15) is 61.5 Å². The minimum atomic E-state index is -5.29. The molecule has 5 aromatic rings. The molecule has 0 unspecified atom stereocenters. The molecule has 0 bridgehead atoms. The van der Waals surface area contributed by atoms with Crippen molar-refractivity contribution in [2.45, 2.75) is 74.6 Å². The Morgan fingerprint density at radius 3 is 0.784 bits per heavy atom. The first-order valence-electron chi connectivity index (χ1n) is 14.5. The maximum absolute atomic E-state index is 14.3. The SMILES string of the molecule is FC(F)(F)CC(F)(F)CC(F)(F)Cc1ccc(-c2ccc(-c3ccc(-c4ccc(-c5ccc(CC(F)(F)CC(F)(F)CC(F)(F)F)s5)s4)s3)s2)s1. The minimum Gasteiger partial charge on any atom is -0.206 e. The van der Waals surface area contributed by atoms with Gasteiger partial charge in [-0.25, -0.2) is 35.1 Å². The molecule has 19 heteroatoms. The fourth-order valence-corrected chi connectivity index (χ4v) is 10.7. The molecule has 5 rings (SSSR count). The predicted molar refractivity (Wildman–Crippen MR) is 175 cm³/mol. The summed E-state index contributed by atoms with van der Waals surface area (Å²) in [4.78, 5) is 5.98.